The van der Waals surface area contributed by atoms with Crippen molar-refractivity contribution in [1.82, 2.24) is 0 Å². The van der Waals surface area contributed by atoms with E-state index in [9.17, 15) is 19.8 Å². The van der Waals surface area contributed by atoms with Crippen LogP contribution < -0.4 is 0 Å². The van der Waals surface area contributed by atoms with Crippen LogP contribution in [-0.2, 0) is 23.8 Å². The molecule has 0 saturated heterocycles. The first-order valence-corrected chi connectivity index (χ1v) is 14.5. The third kappa shape index (κ3) is 9.55. The second-order valence-electron chi connectivity index (χ2n) is 16.3. The Hall–Kier alpha value is -1.44. The third-order valence-corrected chi connectivity index (χ3v) is 9.25. The molecule has 0 aromatic heterocycles. The molecule has 4 unspecified atom stereocenters. The molecule has 4 atom stereocenters. The van der Waals surface area contributed by atoms with E-state index < -0.39 is 45.9 Å². The molecule has 0 amide bonds. The van der Waals surface area contributed by atoms with E-state index in [1.807, 2.05) is 27.7 Å². The van der Waals surface area contributed by atoms with E-state index in [1.54, 1.807) is 6.92 Å². The van der Waals surface area contributed by atoms with Gasteiger partial charge in [0.15, 0.2) is 0 Å². The number of carbonyl (C=O) groups is 2. The van der Waals surface area contributed by atoms with Crippen molar-refractivity contribution in [2.75, 3.05) is 13.2 Å². The summed E-state index contributed by atoms with van der Waals surface area (Å²) in [6, 6.07) is 0. The summed E-state index contributed by atoms with van der Waals surface area (Å²) >= 11 is 0. The van der Waals surface area contributed by atoms with Crippen molar-refractivity contribution in [3.8, 4) is 0 Å². The minimum Gasteiger partial charge on any atom is -0.462 e. The van der Waals surface area contributed by atoms with Crippen molar-refractivity contribution in [1.29, 1.82) is 0 Å². The first-order chi connectivity index (χ1) is 17.5. The average molecular weight is 571 g/mol. The summed E-state index contributed by atoms with van der Waals surface area (Å²) in [5.74, 6) is -0.889. The molecule has 7 heteroatoms. The number of hydrogen-bond donors (Lipinski definition) is 2. The minimum atomic E-state index is -1.01. The predicted octanol–water partition coefficient (Wildman–Crippen LogP) is 6.73. The van der Waals surface area contributed by atoms with Crippen LogP contribution in [0.15, 0.2) is 12.2 Å². The second kappa shape index (κ2) is 13.2. The van der Waals surface area contributed by atoms with Gasteiger partial charge >= 0.3 is 11.9 Å². The largest absolute Gasteiger partial charge is 0.462 e. The van der Waals surface area contributed by atoms with Gasteiger partial charge in [-0.2, -0.15) is 0 Å². The van der Waals surface area contributed by atoms with Gasteiger partial charge in [-0.1, -0.05) is 104 Å². The summed E-state index contributed by atoms with van der Waals surface area (Å²) in [4.78, 5) is 23.9. The third-order valence-electron chi connectivity index (χ3n) is 9.25. The van der Waals surface area contributed by atoms with E-state index in [4.69, 9.17) is 14.2 Å². The maximum atomic E-state index is 12.2. The van der Waals surface area contributed by atoms with Crippen molar-refractivity contribution >= 4 is 11.9 Å². The van der Waals surface area contributed by atoms with Gasteiger partial charge in [0, 0.05) is 17.9 Å². The van der Waals surface area contributed by atoms with Crippen LogP contribution in [0.5, 0.6) is 0 Å². The highest BCUT2D eigenvalue weighted by molar-refractivity contribution is 5.86. The van der Waals surface area contributed by atoms with Gasteiger partial charge in [0.2, 0.25) is 0 Å². The summed E-state index contributed by atoms with van der Waals surface area (Å²) < 4.78 is 17.4. The zero-order valence-electron chi connectivity index (χ0n) is 28.6. The topological polar surface area (TPSA) is 102 Å². The lowest BCUT2D eigenvalue weighted by Crippen LogP contribution is -2.61. The molecule has 0 radical (unpaired) electrons. The molecule has 0 heterocycles. The monoisotopic (exact) mass is 570 g/mol. The first-order valence-electron chi connectivity index (χ1n) is 14.5. The lowest BCUT2D eigenvalue weighted by molar-refractivity contribution is -0.215. The minimum absolute atomic E-state index is 0.0317. The number of aliphatic hydroxyl groups is 2. The van der Waals surface area contributed by atoms with Crippen LogP contribution in [0.1, 0.15) is 117 Å². The summed E-state index contributed by atoms with van der Waals surface area (Å²) in [7, 11) is 0. The molecule has 7 nitrogen and oxygen atoms in total. The Morgan fingerprint density at radius 3 is 1.55 bits per heavy atom. The maximum Gasteiger partial charge on any atom is 0.333 e. The fourth-order valence-corrected chi connectivity index (χ4v) is 5.65. The summed E-state index contributed by atoms with van der Waals surface area (Å²) in [6.07, 6.45) is -1.96. The van der Waals surface area contributed by atoms with Crippen LogP contribution in [0.25, 0.3) is 0 Å². The smallest absolute Gasteiger partial charge is 0.333 e. The van der Waals surface area contributed by atoms with E-state index in [1.165, 1.54) is 6.92 Å². The second-order valence-corrected chi connectivity index (χ2v) is 16.3. The highest BCUT2D eigenvalue weighted by Crippen LogP contribution is 2.58. The molecule has 236 valence electrons. The Labute approximate surface area is 245 Å². The van der Waals surface area contributed by atoms with Gasteiger partial charge in [-0.25, -0.2) is 4.79 Å². The van der Waals surface area contributed by atoms with Crippen LogP contribution >= 0.6 is 0 Å². The molecule has 0 spiro atoms. The lowest BCUT2D eigenvalue weighted by Gasteiger charge is -2.59. The highest BCUT2D eigenvalue weighted by Gasteiger charge is 2.59. The fourth-order valence-electron chi connectivity index (χ4n) is 5.65. The fraction of sp³-hybridized carbons (Fsp3) is 0.879. The van der Waals surface area contributed by atoms with E-state index in [0.717, 1.165) is 0 Å². The quantitative estimate of drug-likeness (QED) is 0.176. The van der Waals surface area contributed by atoms with E-state index in [2.05, 4.69) is 75.8 Å². The molecular formula is C33H62O7. The Morgan fingerprint density at radius 1 is 0.725 bits per heavy atom. The number of carbonyl (C=O) groups excluding carboxylic acids is 2. The van der Waals surface area contributed by atoms with Crippen molar-refractivity contribution in [2.24, 2.45) is 32.5 Å². The van der Waals surface area contributed by atoms with E-state index in [-0.39, 0.29) is 41.7 Å². The van der Waals surface area contributed by atoms with Crippen LogP contribution in [0.3, 0.4) is 0 Å². The number of aliphatic hydroxyl groups excluding tert-OH is 2. The lowest BCUT2D eigenvalue weighted by atomic mass is 9.49. The number of rotatable bonds is 14. The Kier molecular flexibility index (Phi) is 12.8. The molecule has 0 aromatic rings. The van der Waals surface area contributed by atoms with Crippen molar-refractivity contribution in [3.05, 3.63) is 12.2 Å². The van der Waals surface area contributed by atoms with Crippen molar-refractivity contribution < 1.29 is 34.0 Å². The van der Waals surface area contributed by atoms with Gasteiger partial charge in [-0.05, 0) is 40.4 Å². The molecule has 0 rings (SSSR count). The van der Waals surface area contributed by atoms with Gasteiger partial charge in [0.05, 0.1) is 18.8 Å². The Bertz CT molecular complexity index is 868. The van der Waals surface area contributed by atoms with Crippen LogP contribution in [0, 0.1) is 32.5 Å². The van der Waals surface area contributed by atoms with Gasteiger partial charge in [-0.3, -0.25) is 4.79 Å². The van der Waals surface area contributed by atoms with Crippen LogP contribution in [0.2, 0.25) is 0 Å². The molecule has 0 saturated carbocycles. The van der Waals surface area contributed by atoms with Gasteiger partial charge < -0.3 is 24.4 Å². The Morgan fingerprint density at radius 2 is 1.18 bits per heavy atom. The molecular weight excluding hydrogens is 508 g/mol. The van der Waals surface area contributed by atoms with Crippen molar-refractivity contribution in [2.45, 2.75) is 142 Å². The molecule has 0 aliphatic heterocycles. The zero-order valence-corrected chi connectivity index (χ0v) is 28.6. The van der Waals surface area contributed by atoms with Crippen LogP contribution in [0.4, 0.5) is 0 Å². The zero-order chi connectivity index (χ0) is 32.3. The molecule has 0 bridgehead atoms. The molecule has 0 aromatic carbocycles. The molecule has 0 fully saturated rings. The average Bonchev–Trinajstić information content (AvgIpc) is 2.73. The van der Waals surface area contributed by atoms with E-state index in [0.29, 0.717) is 6.42 Å². The molecule has 0 aliphatic carbocycles. The first kappa shape index (κ1) is 38.6. The van der Waals surface area contributed by atoms with E-state index >= 15 is 0 Å². The van der Waals surface area contributed by atoms with Gasteiger partial charge in [0.1, 0.15) is 18.8 Å². The molecule has 40 heavy (non-hydrogen) atoms. The highest BCUT2D eigenvalue weighted by atomic mass is 16.6. The molecule has 2 N–H and O–H groups in total. The predicted molar refractivity (Wildman–Crippen MR) is 162 cm³/mol. The number of esters is 2. The summed E-state index contributed by atoms with van der Waals surface area (Å²) in [5, 5.41) is 22.7. The normalized spacial score (nSPS) is 17.1. The summed E-state index contributed by atoms with van der Waals surface area (Å²) in [5.41, 5.74) is -2.71. The van der Waals surface area contributed by atoms with Crippen molar-refractivity contribution in [3.63, 3.8) is 0 Å². The van der Waals surface area contributed by atoms with Gasteiger partial charge in [-0.15, -0.1) is 0 Å². The van der Waals surface area contributed by atoms with Crippen LogP contribution in [-0.4, -0.2) is 59.8 Å². The van der Waals surface area contributed by atoms with Gasteiger partial charge in [0.25, 0.3) is 0 Å². The summed E-state index contributed by atoms with van der Waals surface area (Å²) in [6.45, 7) is 35.4. The SMILES string of the molecule is C=C(C)C(=O)OCC(O)COC(C(C)(C)C)C(C)(C)C(C)(C)C(O)C(C)(C)C(C)(C)C(CC(C)(C)C)OC(C)=O. The maximum absolute atomic E-state index is 12.2. The number of ether oxygens (including phenoxy) is 3. The number of hydrogen-bond acceptors (Lipinski definition) is 7. The standard InChI is InChI=1S/C33H62O7/c1-21(2)25(36)38-19-23(35)20-39-27(29(7,8)9)33(16,17)32(14,15)26(37)31(12,13)30(10,11)24(40-22(3)34)18-28(4,5)6/h23-24,26-27,35,37H,1,18-20H2,2-17H3. The Balaban J connectivity index is 6.29. The molecule has 0 aliphatic rings.